The molecule has 0 saturated heterocycles. The Morgan fingerprint density at radius 2 is 1.81 bits per heavy atom. The lowest BCUT2D eigenvalue weighted by Gasteiger charge is -2.21. The molecule has 27 heavy (non-hydrogen) atoms. The molecule has 0 aromatic heterocycles. The second-order valence-electron chi connectivity index (χ2n) is 5.99. The molecule has 0 saturated carbocycles. The van der Waals surface area contributed by atoms with Crippen LogP contribution in [0.2, 0.25) is 0 Å². The second kappa shape index (κ2) is 8.84. The molecule has 0 atom stereocenters. The molecule has 7 nitrogen and oxygen atoms in total. The Bertz CT molecular complexity index is 863. The van der Waals surface area contributed by atoms with Gasteiger partial charge in [-0.15, -0.1) is 0 Å². The summed E-state index contributed by atoms with van der Waals surface area (Å²) < 4.78 is 5.11. The first-order valence-electron chi connectivity index (χ1n) is 8.42. The highest BCUT2D eigenvalue weighted by Crippen LogP contribution is 2.17. The summed E-state index contributed by atoms with van der Waals surface area (Å²) in [4.78, 5) is 37.6. The largest absolute Gasteiger partial charge is 0.497 e. The molecule has 0 aliphatic rings. The Morgan fingerprint density at radius 3 is 2.44 bits per heavy atom. The normalized spacial score (nSPS) is 10.2. The molecule has 2 aromatic carbocycles. The SMILES string of the molecule is CCN(CC(=O)Nc1cccc(OC)c1)C(=O)c1cc(C)cc(C(=O)O)c1. The van der Waals surface area contributed by atoms with E-state index in [2.05, 4.69) is 5.32 Å². The van der Waals surface area contributed by atoms with Gasteiger partial charge in [0.25, 0.3) is 5.91 Å². The van der Waals surface area contributed by atoms with Crippen LogP contribution >= 0.6 is 0 Å². The summed E-state index contributed by atoms with van der Waals surface area (Å²) >= 11 is 0. The third kappa shape index (κ3) is 5.31. The van der Waals surface area contributed by atoms with Gasteiger partial charge in [0.2, 0.25) is 5.91 Å². The first kappa shape index (κ1) is 20.0. The standard InChI is InChI=1S/C20H22N2O5/c1-4-22(12-18(23)21-16-6-5-7-17(11-16)27-3)19(24)14-8-13(2)9-15(10-14)20(25)26/h5-11H,4,12H2,1-3H3,(H,21,23)(H,25,26). The molecule has 0 heterocycles. The number of hydrogen-bond acceptors (Lipinski definition) is 4. The highest BCUT2D eigenvalue weighted by molar-refractivity contribution is 6.01. The summed E-state index contributed by atoms with van der Waals surface area (Å²) in [5.74, 6) is -1.25. The van der Waals surface area contributed by atoms with Crippen LogP contribution < -0.4 is 10.1 Å². The quantitative estimate of drug-likeness (QED) is 0.781. The van der Waals surface area contributed by atoms with Gasteiger partial charge < -0.3 is 20.1 Å². The van der Waals surface area contributed by atoms with E-state index in [1.165, 1.54) is 24.1 Å². The van der Waals surface area contributed by atoms with Gasteiger partial charge in [0.1, 0.15) is 12.3 Å². The van der Waals surface area contributed by atoms with E-state index in [0.717, 1.165) is 0 Å². The number of anilines is 1. The maximum absolute atomic E-state index is 12.7. The van der Waals surface area contributed by atoms with Crippen molar-refractivity contribution in [3.8, 4) is 5.75 Å². The minimum atomic E-state index is -1.11. The Morgan fingerprint density at radius 1 is 1.11 bits per heavy atom. The van der Waals surface area contributed by atoms with Gasteiger partial charge in [-0.25, -0.2) is 4.79 Å². The molecule has 0 aliphatic heterocycles. The molecular formula is C20H22N2O5. The van der Waals surface area contributed by atoms with Crippen LogP contribution in [0.25, 0.3) is 0 Å². The second-order valence-corrected chi connectivity index (χ2v) is 5.99. The fraction of sp³-hybridized carbons (Fsp3) is 0.250. The van der Waals surface area contributed by atoms with E-state index < -0.39 is 11.9 Å². The maximum atomic E-state index is 12.7. The van der Waals surface area contributed by atoms with Crippen LogP contribution in [0.1, 0.15) is 33.2 Å². The van der Waals surface area contributed by atoms with Gasteiger partial charge in [-0.1, -0.05) is 6.07 Å². The topological polar surface area (TPSA) is 95.9 Å². The molecule has 2 aromatic rings. The number of aromatic carboxylic acids is 1. The molecule has 2 amide bonds. The summed E-state index contributed by atoms with van der Waals surface area (Å²) in [6.07, 6.45) is 0. The van der Waals surface area contributed by atoms with Gasteiger partial charge in [0.05, 0.1) is 12.7 Å². The van der Waals surface area contributed by atoms with Crippen molar-refractivity contribution in [2.24, 2.45) is 0 Å². The molecular weight excluding hydrogens is 348 g/mol. The minimum absolute atomic E-state index is 0.0373. The number of aryl methyl sites for hydroxylation is 1. The predicted octanol–water partition coefficient (Wildman–Crippen LogP) is 2.80. The van der Waals surface area contributed by atoms with E-state index in [9.17, 15) is 14.4 Å². The van der Waals surface area contributed by atoms with Crippen LogP contribution in [0, 0.1) is 6.92 Å². The number of benzene rings is 2. The lowest BCUT2D eigenvalue weighted by Crippen LogP contribution is -2.38. The van der Waals surface area contributed by atoms with Crippen molar-refractivity contribution in [3.63, 3.8) is 0 Å². The number of methoxy groups -OCH3 is 1. The van der Waals surface area contributed by atoms with Crippen molar-refractivity contribution in [3.05, 3.63) is 59.2 Å². The van der Waals surface area contributed by atoms with Crippen molar-refractivity contribution < 1.29 is 24.2 Å². The highest BCUT2D eigenvalue weighted by atomic mass is 16.5. The lowest BCUT2D eigenvalue weighted by atomic mass is 10.1. The Hall–Kier alpha value is -3.35. The van der Waals surface area contributed by atoms with Gasteiger partial charge in [0.15, 0.2) is 0 Å². The Balaban J connectivity index is 2.12. The number of hydrogen-bond donors (Lipinski definition) is 2. The van der Waals surface area contributed by atoms with Gasteiger partial charge in [-0.05, 0) is 49.7 Å². The smallest absolute Gasteiger partial charge is 0.335 e. The number of ether oxygens (including phenoxy) is 1. The van der Waals surface area contributed by atoms with Gasteiger partial charge in [-0.2, -0.15) is 0 Å². The zero-order valence-electron chi connectivity index (χ0n) is 15.5. The first-order valence-corrected chi connectivity index (χ1v) is 8.42. The number of nitrogens with zero attached hydrogens (tertiary/aromatic N) is 1. The summed E-state index contributed by atoms with van der Waals surface area (Å²) in [6.45, 7) is 3.63. The van der Waals surface area contributed by atoms with Crippen molar-refractivity contribution in [1.29, 1.82) is 0 Å². The molecule has 2 rings (SSSR count). The third-order valence-electron chi connectivity index (χ3n) is 3.93. The molecule has 0 spiro atoms. The zero-order valence-corrected chi connectivity index (χ0v) is 15.5. The van der Waals surface area contributed by atoms with E-state index in [1.54, 1.807) is 44.2 Å². The van der Waals surface area contributed by atoms with E-state index in [0.29, 0.717) is 23.5 Å². The molecule has 142 valence electrons. The minimum Gasteiger partial charge on any atom is -0.497 e. The predicted molar refractivity (Wildman–Crippen MR) is 101 cm³/mol. The lowest BCUT2D eigenvalue weighted by molar-refractivity contribution is -0.116. The molecule has 0 bridgehead atoms. The van der Waals surface area contributed by atoms with Crippen LogP contribution in [0.15, 0.2) is 42.5 Å². The van der Waals surface area contributed by atoms with Crippen LogP contribution in [-0.4, -0.2) is 48.0 Å². The van der Waals surface area contributed by atoms with Crippen LogP contribution in [-0.2, 0) is 4.79 Å². The van der Waals surface area contributed by atoms with Crippen molar-refractivity contribution in [1.82, 2.24) is 4.90 Å². The molecule has 0 unspecified atom stereocenters. The molecule has 7 heteroatoms. The number of nitrogens with one attached hydrogen (secondary N) is 1. The number of amides is 2. The zero-order chi connectivity index (χ0) is 20.0. The van der Waals surface area contributed by atoms with Crippen molar-refractivity contribution in [2.45, 2.75) is 13.8 Å². The number of carboxylic acid groups (broad SMARTS) is 1. The number of carbonyl (C=O) groups excluding carboxylic acids is 2. The fourth-order valence-corrected chi connectivity index (χ4v) is 2.61. The Kier molecular flexibility index (Phi) is 6.54. The van der Waals surface area contributed by atoms with Crippen LogP contribution in [0.4, 0.5) is 5.69 Å². The summed E-state index contributed by atoms with van der Waals surface area (Å²) in [7, 11) is 1.53. The average molecular weight is 370 g/mol. The monoisotopic (exact) mass is 370 g/mol. The summed E-state index contributed by atoms with van der Waals surface area (Å²) in [5, 5.41) is 11.9. The maximum Gasteiger partial charge on any atom is 0.335 e. The van der Waals surface area contributed by atoms with E-state index in [-0.39, 0.29) is 23.6 Å². The Labute approximate surface area is 157 Å². The van der Waals surface area contributed by atoms with E-state index in [4.69, 9.17) is 9.84 Å². The van der Waals surface area contributed by atoms with Gasteiger partial charge in [-0.3, -0.25) is 9.59 Å². The van der Waals surface area contributed by atoms with E-state index >= 15 is 0 Å². The average Bonchev–Trinajstić information content (AvgIpc) is 2.65. The van der Waals surface area contributed by atoms with Crippen molar-refractivity contribution >= 4 is 23.5 Å². The summed E-state index contributed by atoms with van der Waals surface area (Å²) in [6, 6.07) is 11.3. The number of carboxylic acids is 1. The van der Waals surface area contributed by atoms with E-state index in [1.807, 2.05) is 0 Å². The van der Waals surface area contributed by atoms with Crippen LogP contribution in [0.5, 0.6) is 5.75 Å². The third-order valence-corrected chi connectivity index (χ3v) is 3.93. The molecule has 0 radical (unpaired) electrons. The highest BCUT2D eigenvalue weighted by Gasteiger charge is 2.19. The van der Waals surface area contributed by atoms with Crippen LogP contribution in [0.3, 0.4) is 0 Å². The molecule has 0 fully saturated rings. The first-order chi connectivity index (χ1) is 12.8. The number of carbonyl (C=O) groups is 3. The molecule has 2 N–H and O–H groups in total. The number of likely N-dealkylation sites (N-methyl/N-ethyl adjacent to an activating group) is 1. The van der Waals surface area contributed by atoms with Gasteiger partial charge >= 0.3 is 5.97 Å². The molecule has 0 aliphatic carbocycles. The summed E-state index contributed by atoms with van der Waals surface area (Å²) in [5.41, 5.74) is 1.50. The number of rotatable bonds is 7. The van der Waals surface area contributed by atoms with Crippen molar-refractivity contribution in [2.75, 3.05) is 25.5 Å². The van der Waals surface area contributed by atoms with Gasteiger partial charge in [0, 0.05) is 23.9 Å². The fourth-order valence-electron chi connectivity index (χ4n) is 2.61.